The Labute approximate surface area is 259 Å². The minimum Gasteiger partial charge on any atom is -0.481 e. The predicted molar refractivity (Wildman–Crippen MR) is 176 cm³/mol. The predicted octanol–water partition coefficient (Wildman–Crippen LogP) is 10.2. The van der Waals surface area contributed by atoms with Gasteiger partial charge in [-0.3, -0.25) is 9.69 Å². The number of carboxylic acid groups (broad SMARTS) is 1. The Kier molecular flexibility index (Phi) is 12.1. The van der Waals surface area contributed by atoms with E-state index in [1.165, 1.54) is 6.42 Å². The lowest BCUT2D eigenvalue weighted by molar-refractivity contribution is -0.138. The molecule has 0 aliphatic carbocycles. The Morgan fingerprint density at radius 2 is 1.53 bits per heavy atom. The van der Waals surface area contributed by atoms with Crippen LogP contribution >= 0.6 is 11.8 Å². The number of carboxylic acids is 1. The van der Waals surface area contributed by atoms with Crippen LogP contribution < -0.4 is 15.0 Å². The molecule has 4 aromatic rings. The molecule has 0 radical (unpaired) electrons. The zero-order valence-electron chi connectivity index (χ0n) is 24.9. The van der Waals surface area contributed by atoms with E-state index in [2.05, 4.69) is 12.2 Å². The van der Waals surface area contributed by atoms with Crippen LogP contribution in [0.1, 0.15) is 63.9 Å². The maximum atomic E-state index is 13.8. The molecule has 1 atom stereocenters. The summed E-state index contributed by atoms with van der Waals surface area (Å²) in [5.74, 6) is -0.0401. The van der Waals surface area contributed by atoms with Gasteiger partial charge in [-0.15, -0.1) is 0 Å². The molecule has 2 N–H and O–H groups in total. The molecule has 4 rings (SSSR count). The van der Waals surface area contributed by atoms with E-state index in [4.69, 9.17) is 4.74 Å². The summed E-state index contributed by atoms with van der Waals surface area (Å²) in [6.45, 7) is 4.67. The van der Waals surface area contributed by atoms with Crippen molar-refractivity contribution in [1.29, 1.82) is 0 Å². The third kappa shape index (κ3) is 9.38. The molecule has 7 heteroatoms. The molecule has 0 spiro atoms. The van der Waals surface area contributed by atoms with Gasteiger partial charge in [0.2, 0.25) is 0 Å². The van der Waals surface area contributed by atoms with Gasteiger partial charge < -0.3 is 15.2 Å². The zero-order valence-corrected chi connectivity index (χ0v) is 25.7. The molecule has 0 saturated carbocycles. The van der Waals surface area contributed by atoms with Gasteiger partial charge in [-0.05, 0) is 73.0 Å². The topological polar surface area (TPSA) is 78.9 Å². The Bertz CT molecular complexity index is 1460. The van der Waals surface area contributed by atoms with Gasteiger partial charge in [-0.1, -0.05) is 99.8 Å². The van der Waals surface area contributed by atoms with Crippen molar-refractivity contribution in [2.75, 3.05) is 16.8 Å². The SMILES string of the molecule is CCCCCCCN(C(=O)Nc1ccccc1Oc1ccccc1)c1cccc(Sc2ccc(C(CC)C(=O)O)cc2)c1. The summed E-state index contributed by atoms with van der Waals surface area (Å²) in [4.78, 5) is 29.2. The average Bonchev–Trinajstić information content (AvgIpc) is 3.01. The lowest BCUT2D eigenvalue weighted by Crippen LogP contribution is -2.36. The number of nitrogens with zero attached hydrogens (tertiary/aromatic N) is 1. The van der Waals surface area contributed by atoms with Crippen molar-refractivity contribution >= 4 is 35.1 Å². The fourth-order valence-electron chi connectivity index (χ4n) is 4.85. The molecule has 0 saturated heterocycles. The number of para-hydroxylation sites is 3. The van der Waals surface area contributed by atoms with Gasteiger partial charge in [0.1, 0.15) is 5.75 Å². The molecule has 0 fully saturated rings. The lowest BCUT2D eigenvalue weighted by Gasteiger charge is -2.24. The Balaban J connectivity index is 1.52. The number of rotatable bonds is 15. The highest BCUT2D eigenvalue weighted by atomic mass is 32.2. The molecule has 0 heterocycles. The van der Waals surface area contributed by atoms with Crippen molar-refractivity contribution < 1.29 is 19.4 Å². The Morgan fingerprint density at radius 1 is 0.814 bits per heavy atom. The van der Waals surface area contributed by atoms with E-state index in [0.717, 1.165) is 46.7 Å². The summed E-state index contributed by atoms with van der Waals surface area (Å²) in [5, 5.41) is 12.6. The van der Waals surface area contributed by atoms with E-state index >= 15 is 0 Å². The second kappa shape index (κ2) is 16.4. The molecule has 0 bridgehead atoms. The van der Waals surface area contributed by atoms with E-state index < -0.39 is 11.9 Å². The smallest absolute Gasteiger partial charge is 0.326 e. The molecule has 0 aromatic heterocycles. The molecule has 43 heavy (non-hydrogen) atoms. The molecule has 2 amide bonds. The van der Waals surface area contributed by atoms with Crippen LogP contribution in [0.5, 0.6) is 11.5 Å². The fourth-order valence-corrected chi connectivity index (χ4v) is 5.72. The van der Waals surface area contributed by atoms with Crippen LogP contribution in [0.4, 0.5) is 16.2 Å². The van der Waals surface area contributed by atoms with Gasteiger partial charge in [-0.25, -0.2) is 4.79 Å². The summed E-state index contributed by atoms with van der Waals surface area (Å²) in [6.07, 6.45) is 6.00. The summed E-state index contributed by atoms with van der Waals surface area (Å²) in [5.41, 5.74) is 2.22. The first-order valence-electron chi connectivity index (χ1n) is 15.0. The van der Waals surface area contributed by atoms with Gasteiger partial charge in [0.15, 0.2) is 5.75 Å². The molecule has 224 valence electrons. The van der Waals surface area contributed by atoms with Crippen molar-refractivity contribution in [2.24, 2.45) is 0 Å². The number of carbonyl (C=O) groups is 2. The highest BCUT2D eigenvalue weighted by Crippen LogP contribution is 2.33. The van der Waals surface area contributed by atoms with Crippen LogP contribution in [-0.2, 0) is 4.79 Å². The fraction of sp³-hybridized carbons (Fsp3) is 0.278. The van der Waals surface area contributed by atoms with E-state index in [1.54, 1.807) is 16.7 Å². The van der Waals surface area contributed by atoms with Crippen LogP contribution in [0.25, 0.3) is 0 Å². The van der Waals surface area contributed by atoms with Crippen molar-refractivity contribution in [1.82, 2.24) is 0 Å². The normalized spacial score (nSPS) is 11.5. The molecule has 1 unspecified atom stereocenters. The van der Waals surface area contributed by atoms with Crippen LogP contribution in [-0.4, -0.2) is 23.7 Å². The van der Waals surface area contributed by atoms with Crippen LogP contribution in [0, 0.1) is 0 Å². The van der Waals surface area contributed by atoms with Gasteiger partial charge in [-0.2, -0.15) is 0 Å². The molecule has 0 aliphatic rings. The van der Waals surface area contributed by atoms with Gasteiger partial charge >= 0.3 is 12.0 Å². The second-order valence-corrected chi connectivity index (χ2v) is 11.5. The molecule has 6 nitrogen and oxygen atoms in total. The number of hydrogen-bond donors (Lipinski definition) is 2. The first-order valence-corrected chi connectivity index (χ1v) is 15.8. The molecular weight excluding hydrogens is 556 g/mol. The maximum Gasteiger partial charge on any atom is 0.326 e. The lowest BCUT2D eigenvalue weighted by atomic mass is 9.97. The van der Waals surface area contributed by atoms with Crippen LogP contribution in [0.3, 0.4) is 0 Å². The molecular formula is C36H40N2O4S. The Morgan fingerprint density at radius 3 is 2.26 bits per heavy atom. The minimum atomic E-state index is -0.807. The molecule has 4 aromatic carbocycles. The van der Waals surface area contributed by atoms with Crippen molar-refractivity contribution in [3.8, 4) is 11.5 Å². The number of amides is 2. The van der Waals surface area contributed by atoms with E-state index in [1.807, 2.05) is 110 Å². The monoisotopic (exact) mass is 596 g/mol. The first-order chi connectivity index (χ1) is 21.0. The highest BCUT2D eigenvalue weighted by Gasteiger charge is 2.19. The Hall–Kier alpha value is -4.23. The third-order valence-electron chi connectivity index (χ3n) is 7.18. The van der Waals surface area contributed by atoms with Gasteiger partial charge in [0, 0.05) is 22.0 Å². The average molecular weight is 597 g/mol. The maximum absolute atomic E-state index is 13.8. The number of anilines is 2. The van der Waals surface area contributed by atoms with Crippen molar-refractivity contribution in [3.05, 3.63) is 109 Å². The van der Waals surface area contributed by atoms with Crippen LogP contribution in [0.15, 0.2) is 113 Å². The van der Waals surface area contributed by atoms with E-state index in [-0.39, 0.29) is 6.03 Å². The summed E-state index contributed by atoms with van der Waals surface area (Å²) in [7, 11) is 0. The zero-order chi connectivity index (χ0) is 30.4. The molecule has 0 aliphatic heterocycles. The number of nitrogens with one attached hydrogen (secondary N) is 1. The summed E-state index contributed by atoms with van der Waals surface area (Å²) < 4.78 is 6.08. The number of urea groups is 1. The number of carbonyl (C=O) groups excluding carboxylic acids is 1. The number of ether oxygens (including phenoxy) is 1. The minimum absolute atomic E-state index is 0.217. The van der Waals surface area contributed by atoms with E-state index in [0.29, 0.717) is 30.2 Å². The van der Waals surface area contributed by atoms with Gasteiger partial charge in [0.05, 0.1) is 11.6 Å². The second-order valence-electron chi connectivity index (χ2n) is 10.4. The quantitative estimate of drug-likeness (QED) is 0.134. The van der Waals surface area contributed by atoms with Crippen LogP contribution in [0.2, 0.25) is 0 Å². The summed E-state index contributed by atoms with van der Waals surface area (Å²) in [6, 6.07) is 32.4. The number of unbranched alkanes of at least 4 members (excludes halogenated alkanes) is 4. The van der Waals surface area contributed by atoms with Crippen molar-refractivity contribution in [2.45, 2.75) is 68.1 Å². The van der Waals surface area contributed by atoms with E-state index in [9.17, 15) is 14.7 Å². The standard InChI is InChI=1S/C36H40N2O4S/c1-3-5-6-7-13-25-38(36(41)37-33-19-11-12-20-34(33)42-29-16-9-8-10-17-29)28-15-14-18-31(26-28)43-30-23-21-27(22-24-30)32(4-2)35(39)40/h8-12,14-24,26,32H,3-7,13,25H2,1-2H3,(H,37,41)(H,39,40). The highest BCUT2D eigenvalue weighted by molar-refractivity contribution is 7.99. The third-order valence-corrected chi connectivity index (χ3v) is 8.18. The first kappa shape index (κ1) is 31.7. The largest absolute Gasteiger partial charge is 0.481 e. The summed E-state index contributed by atoms with van der Waals surface area (Å²) >= 11 is 1.58. The number of aliphatic carboxylic acids is 1. The number of benzene rings is 4. The van der Waals surface area contributed by atoms with Gasteiger partial charge in [0.25, 0.3) is 0 Å². The van der Waals surface area contributed by atoms with Crippen molar-refractivity contribution in [3.63, 3.8) is 0 Å². The number of hydrogen-bond acceptors (Lipinski definition) is 4.